The molecule has 0 saturated heterocycles. The molecule has 2 heterocycles. The predicted octanol–water partition coefficient (Wildman–Crippen LogP) is -0.243. The van der Waals surface area contributed by atoms with Crippen LogP contribution in [0.5, 0.6) is 0 Å². The number of anilines is 1. The van der Waals surface area contributed by atoms with Crippen molar-refractivity contribution in [1.82, 2.24) is 24.3 Å². The molecule has 0 unspecified atom stereocenters. The van der Waals surface area contributed by atoms with Gasteiger partial charge in [-0.1, -0.05) is 0 Å². The van der Waals surface area contributed by atoms with E-state index >= 15 is 0 Å². The number of hydrogen-bond donors (Lipinski definition) is 1. The lowest BCUT2D eigenvalue weighted by Crippen LogP contribution is -2.06. The molecular weight excluding hydrogens is 168 g/mol. The Morgan fingerprint density at radius 3 is 2.85 bits per heavy atom. The summed E-state index contributed by atoms with van der Waals surface area (Å²) in [6, 6.07) is 0. The summed E-state index contributed by atoms with van der Waals surface area (Å²) < 4.78 is 3.67. The van der Waals surface area contributed by atoms with Crippen LogP contribution in [0.2, 0.25) is 0 Å². The van der Waals surface area contributed by atoms with Crippen molar-refractivity contribution in [2.75, 3.05) is 5.73 Å². The summed E-state index contributed by atoms with van der Waals surface area (Å²) in [5, 5.41) is 3.98. The molecule has 0 spiro atoms. The maximum Gasteiger partial charge on any atom is 0.141 e. The van der Waals surface area contributed by atoms with Gasteiger partial charge in [0.15, 0.2) is 0 Å². The van der Waals surface area contributed by atoms with Crippen molar-refractivity contribution in [3.8, 4) is 0 Å². The molecule has 0 aliphatic carbocycles. The van der Waals surface area contributed by atoms with Crippen LogP contribution in [0.3, 0.4) is 0 Å². The average molecular weight is 178 g/mol. The molecule has 0 saturated carbocycles. The third-order valence-electron chi connectivity index (χ3n) is 1.71. The molecule has 13 heavy (non-hydrogen) atoms. The van der Waals surface area contributed by atoms with Crippen LogP contribution in [0.1, 0.15) is 0 Å². The SMILES string of the molecule is Nc1cn(CCn2cncn2)cn1. The van der Waals surface area contributed by atoms with Gasteiger partial charge in [-0.15, -0.1) is 0 Å². The third-order valence-corrected chi connectivity index (χ3v) is 1.71. The second-order valence-corrected chi connectivity index (χ2v) is 2.69. The van der Waals surface area contributed by atoms with Crippen molar-refractivity contribution < 1.29 is 0 Å². The molecule has 0 fully saturated rings. The van der Waals surface area contributed by atoms with E-state index < -0.39 is 0 Å². The summed E-state index contributed by atoms with van der Waals surface area (Å²) in [4.78, 5) is 7.75. The van der Waals surface area contributed by atoms with Crippen molar-refractivity contribution in [2.24, 2.45) is 0 Å². The van der Waals surface area contributed by atoms with E-state index in [1.54, 1.807) is 23.5 Å². The molecule has 2 aromatic rings. The van der Waals surface area contributed by atoms with Crippen molar-refractivity contribution in [1.29, 1.82) is 0 Å². The molecule has 68 valence electrons. The minimum atomic E-state index is 0.540. The number of imidazole rings is 1. The van der Waals surface area contributed by atoms with Crippen LogP contribution in [0.4, 0.5) is 5.82 Å². The van der Waals surface area contributed by atoms with Crippen LogP contribution < -0.4 is 5.73 Å². The lowest BCUT2D eigenvalue weighted by Gasteiger charge is -2.00. The highest BCUT2D eigenvalue weighted by molar-refractivity contribution is 5.22. The standard InChI is InChI=1S/C7H10N6/c8-7-3-12(6-10-7)1-2-13-5-9-4-11-13/h3-6H,1-2,8H2. The molecule has 2 aromatic heterocycles. The van der Waals surface area contributed by atoms with Gasteiger partial charge in [-0.05, 0) is 0 Å². The van der Waals surface area contributed by atoms with Crippen molar-refractivity contribution >= 4 is 5.82 Å². The van der Waals surface area contributed by atoms with Gasteiger partial charge in [-0.25, -0.2) is 9.97 Å². The second-order valence-electron chi connectivity index (χ2n) is 2.69. The maximum atomic E-state index is 5.46. The number of nitrogens with zero attached hydrogens (tertiary/aromatic N) is 5. The number of hydrogen-bond acceptors (Lipinski definition) is 4. The lowest BCUT2D eigenvalue weighted by atomic mass is 10.6. The van der Waals surface area contributed by atoms with Gasteiger partial charge in [0.05, 0.1) is 12.9 Å². The summed E-state index contributed by atoms with van der Waals surface area (Å²) in [5.41, 5.74) is 5.46. The van der Waals surface area contributed by atoms with Gasteiger partial charge in [0.1, 0.15) is 18.5 Å². The van der Waals surface area contributed by atoms with Gasteiger partial charge in [0.2, 0.25) is 0 Å². The van der Waals surface area contributed by atoms with Crippen LogP contribution in [0, 0.1) is 0 Å². The minimum Gasteiger partial charge on any atom is -0.382 e. The van der Waals surface area contributed by atoms with Crippen LogP contribution in [0.15, 0.2) is 25.2 Å². The zero-order chi connectivity index (χ0) is 9.10. The number of aryl methyl sites for hydroxylation is 2. The van der Waals surface area contributed by atoms with Crippen LogP contribution >= 0.6 is 0 Å². The first-order valence-corrected chi connectivity index (χ1v) is 3.94. The van der Waals surface area contributed by atoms with Crippen LogP contribution in [-0.2, 0) is 13.1 Å². The summed E-state index contributed by atoms with van der Waals surface area (Å²) in [6.07, 6.45) is 6.69. The fourth-order valence-corrected chi connectivity index (χ4v) is 1.07. The van der Waals surface area contributed by atoms with E-state index in [2.05, 4.69) is 15.1 Å². The minimum absolute atomic E-state index is 0.540. The molecule has 0 bridgehead atoms. The molecule has 6 nitrogen and oxygen atoms in total. The number of nitrogens with two attached hydrogens (primary N) is 1. The monoisotopic (exact) mass is 178 g/mol. The molecule has 2 N–H and O–H groups in total. The highest BCUT2D eigenvalue weighted by atomic mass is 15.3. The Morgan fingerprint density at radius 1 is 1.31 bits per heavy atom. The van der Waals surface area contributed by atoms with Crippen LogP contribution in [0.25, 0.3) is 0 Å². The van der Waals surface area contributed by atoms with Crippen molar-refractivity contribution in [3.05, 3.63) is 25.2 Å². The Hall–Kier alpha value is -1.85. The normalized spacial score (nSPS) is 10.5. The molecule has 0 aromatic carbocycles. The third kappa shape index (κ3) is 1.84. The van der Waals surface area contributed by atoms with Gasteiger partial charge in [0.25, 0.3) is 0 Å². The predicted molar refractivity (Wildman–Crippen MR) is 46.7 cm³/mol. The smallest absolute Gasteiger partial charge is 0.141 e. The van der Waals surface area contributed by atoms with Gasteiger partial charge in [0, 0.05) is 12.7 Å². The first kappa shape index (κ1) is 7.78. The van der Waals surface area contributed by atoms with Crippen LogP contribution in [-0.4, -0.2) is 24.3 Å². The van der Waals surface area contributed by atoms with Crippen molar-refractivity contribution in [2.45, 2.75) is 13.1 Å². The zero-order valence-corrected chi connectivity index (χ0v) is 7.04. The summed E-state index contributed by atoms with van der Waals surface area (Å²) >= 11 is 0. The van der Waals surface area contributed by atoms with E-state index in [1.165, 1.54) is 6.33 Å². The van der Waals surface area contributed by atoms with Gasteiger partial charge >= 0.3 is 0 Å². The quantitative estimate of drug-likeness (QED) is 0.703. The first-order chi connectivity index (χ1) is 6.34. The average Bonchev–Trinajstić information content (AvgIpc) is 2.71. The maximum absolute atomic E-state index is 5.46. The van der Waals surface area contributed by atoms with E-state index in [9.17, 15) is 0 Å². The molecule has 0 aliphatic heterocycles. The van der Waals surface area contributed by atoms with Gasteiger partial charge < -0.3 is 10.3 Å². The Balaban J connectivity index is 1.93. The molecular formula is C7H10N6. The lowest BCUT2D eigenvalue weighted by molar-refractivity contribution is 0.532. The number of nitrogen functional groups attached to an aromatic ring is 1. The molecule has 0 radical (unpaired) electrons. The van der Waals surface area contributed by atoms with Gasteiger partial charge in [-0.2, -0.15) is 5.10 Å². The molecule has 2 rings (SSSR count). The Kier molecular flexibility index (Phi) is 1.95. The summed E-state index contributed by atoms with van der Waals surface area (Å²) in [5.74, 6) is 0.540. The molecule has 0 amide bonds. The highest BCUT2D eigenvalue weighted by Gasteiger charge is 1.94. The van der Waals surface area contributed by atoms with Crippen molar-refractivity contribution in [3.63, 3.8) is 0 Å². The molecule has 0 atom stereocenters. The fourth-order valence-electron chi connectivity index (χ4n) is 1.07. The topological polar surface area (TPSA) is 74.5 Å². The summed E-state index contributed by atoms with van der Waals surface area (Å²) in [6.45, 7) is 1.57. The first-order valence-electron chi connectivity index (χ1n) is 3.94. The highest BCUT2D eigenvalue weighted by Crippen LogP contribution is 1.96. The van der Waals surface area contributed by atoms with E-state index in [0.717, 1.165) is 13.1 Å². The second kappa shape index (κ2) is 3.26. The van der Waals surface area contributed by atoms with E-state index in [1.807, 2.05) is 4.57 Å². The Labute approximate surface area is 75.0 Å². The Bertz CT molecular complexity index is 362. The van der Waals surface area contributed by atoms with Gasteiger partial charge in [-0.3, -0.25) is 4.68 Å². The largest absolute Gasteiger partial charge is 0.382 e. The molecule has 0 aliphatic rings. The fraction of sp³-hybridized carbons (Fsp3) is 0.286. The van der Waals surface area contributed by atoms with E-state index in [4.69, 9.17) is 5.73 Å². The van der Waals surface area contributed by atoms with E-state index in [0.29, 0.717) is 5.82 Å². The Morgan fingerprint density at radius 2 is 2.23 bits per heavy atom. The summed E-state index contributed by atoms with van der Waals surface area (Å²) in [7, 11) is 0. The number of aromatic nitrogens is 5. The molecule has 6 heteroatoms. The number of rotatable bonds is 3. The van der Waals surface area contributed by atoms with E-state index in [-0.39, 0.29) is 0 Å². The zero-order valence-electron chi connectivity index (χ0n) is 7.04.